The molecule has 0 aliphatic heterocycles. The number of nitrogens with one attached hydrogen (secondary N) is 1. The van der Waals surface area contributed by atoms with Gasteiger partial charge in [0.15, 0.2) is 0 Å². The molecule has 0 aliphatic rings. The van der Waals surface area contributed by atoms with E-state index in [1.165, 1.54) is 7.11 Å². The first-order chi connectivity index (χ1) is 12.6. The average Bonchev–Trinajstić information content (AvgIpc) is 2.67. The zero-order valence-corrected chi connectivity index (χ0v) is 14.9. The highest BCUT2D eigenvalue weighted by atomic mass is 16.5. The molecule has 1 N–H and O–H groups in total. The summed E-state index contributed by atoms with van der Waals surface area (Å²) in [5.74, 6) is 0.273. The van der Waals surface area contributed by atoms with Crippen LogP contribution in [0.3, 0.4) is 0 Å². The third-order valence-corrected chi connectivity index (χ3v) is 4.24. The Morgan fingerprint density at radius 2 is 1.96 bits per heavy atom. The molecule has 1 heterocycles. The van der Waals surface area contributed by atoms with Crippen LogP contribution in [0.2, 0.25) is 0 Å². The molecule has 0 atom stereocenters. The Morgan fingerprint density at radius 3 is 2.73 bits per heavy atom. The fraction of sp³-hybridized carbons (Fsp3) is 0.250. The molecule has 0 bridgehead atoms. The normalized spacial score (nSPS) is 11.0. The van der Waals surface area contributed by atoms with Crippen molar-refractivity contribution in [2.45, 2.75) is 20.0 Å². The van der Waals surface area contributed by atoms with E-state index in [1.54, 1.807) is 12.1 Å². The van der Waals surface area contributed by atoms with E-state index in [0.717, 1.165) is 12.1 Å². The summed E-state index contributed by atoms with van der Waals surface area (Å²) < 4.78 is 4.77. The molecule has 6 heteroatoms. The van der Waals surface area contributed by atoms with Crippen molar-refractivity contribution >= 4 is 16.9 Å². The van der Waals surface area contributed by atoms with Gasteiger partial charge in [-0.1, -0.05) is 31.2 Å². The van der Waals surface area contributed by atoms with Crippen LogP contribution >= 0.6 is 0 Å². The largest absolute Gasteiger partial charge is 0.465 e. The molecule has 0 unspecified atom stereocenters. The van der Waals surface area contributed by atoms with Crippen LogP contribution in [0.15, 0.2) is 53.3 Å². The van der Waals surface area contributed by atoms with Crippen molar-refractivity contribution in [3.63, 3.8) is 0 Å². The van der Waals surface area contributed by atoms with Crippen LogP contribution in [-0.4, -0.2) is 34.5 Å². The van der Waals surface area contributed by atoms with E-state index < -0.39 is 0 Å². The summed E-state index contributed by atoms with van der Waals surface area (Å²) in [6.45, 7) is 3.97. The van der Waals surface area contributed by atoms with E-state index in [1.807, 2.05) is 43.3 Å². The first kappa shape index (κ1) is 17.8. The Kier molecular flexibility index (Phi) is 5.43. The highest BCUT2D eigenvalue weighted by Crippen LogP contribution is 2.12. The van der Waals surface area contributed by atoms with Crippen LogP contribution in [0.5, 0.6) is 0 Å². The second-order valence-electron chi connectivity index (χ2n) is 6.03. The van der Waals surface area contributed by atoms with Crippen LogP contribution in [0.1, 0.15) is 28.7 Å². The minimum absolute atomic E-state index is 0.130. The van der Waals surface area contributed by atoms with Gasteiger partial charge in [-0.25, -0.2) is 9.78 Å². The smallest absolute Gasteiger partial charge is 0.337 e. The zero-order chi connectivity index (χ0) is 18.5. The van der Waals surface area contributed by atoms with Crippen molar-refractivity contribution in [1.82, 2.24) is 14.9 Å². The molecule has 6 nitrogen and oxygen atoms in total. The van der Waals surface area contributed by atoms with E-state index in [2.05, 4.69) is 14.9 Å². The molecular weight excluding hydrogens is 330 g/mol. The number of para-hydroxylation sites is 1. The number of nitrogens with zero attached hydrogens (tertiary/aromatic N) is 2. The van der Waals surface area contributed by atoms with Gasteiger partial charge in [-0.15, -0.1) is 0 Å². The molecule has 0 saturated heterocycles. The van der Waals surface area contributed by atoms with Gasteiger partial charge in [0, 0.05) is 6.54 Å². The lowest BCUT2D eigenvalue weighted by Crippen LogP contribution is -2.25. The average molecular weight is 351 g/mol. The quantitative estimate of drug-likeness (QED) is 0.691. The van der Waals surface area contributed by atoms with Gasteiger partial charge >= 0.3 is 5.97 Å². The maximum absolute atomic E-state index is 12.2. The highest BCUT2D eigenvalue weighted by Gasteiger charge is 2.11. The zero-order valence-electron chi connectivity index (χ0n) is 14.9. The summed E-state index contributed by atoms with van der Waals surface area (Å²) in [5.41, 5.74) is 2.08. The van der Waals surface area contributed by atoms with Crippen molar-refractivity contribution in [1.29, 1.82) is 0 Å². The molecule has 3 rings (SSSR count). The molecule has 3 aromatic rings. The van der Waals surface area contributed by atoms with Gasteiger partial charge in [0.05, 0.1) is 30.1 Å². The Balaban J connectivity index is 1.80. The van der Waals surface area contributed by atoms with Gasteiger partial charge in [0.2, 0.25) is 0 Å². The van der Waals surface area contributed by atoms with E-state index >= 15 is 0 Å². The Labute approximate surface area is 151 Å². The number of carbonyl (C=O) groups is 1. The molecule has 0 saturated carbocycles. The van der Waals surface area contributed by atoms with E-state index in [-0.39, 0.29) is 11.5 Å². The first-order valence-electron chi connectivity index (χ1n) is 8.48. The summed E-state index contributed by atoms with van der Waals surface area (Å²) in [7, 11) is 1.37. The summed E-state index contributed by atoms with van der Waals surface area (Å²) in [4.78, 5) is 33.5. The Hall–Kier alpha value is -2.99. The van der Waals surface area contributed by atoms with Crippen LogP contribution < -0.4 is 5.56 Å². The third-order valence-electron chi connectivity index (χ3n) is 4.24. The number of rotatable bonds is 6. The van der Waals surface area contributed by atoms with E-state index in [9.17, 15) is 9.59 Å². The SMILES string of the molecule is CCN(Cc1cccc(C(=O)OC)c1)Cc1nc2ccccc2c(=O)[nH]1. The molecule has 0 fully saturated rings. The lowest BCUT2D eigenvalue weighted by molar-refractivity contribution is 0.0600. The number of esters is 1. The number of fused-ring (bicyclic) bond motifs is 1. The number of hydrogen-bond acceptors (Lipinski definition) is 5. The van der Waals surface area contributed by atoms with Gasteiger partial charge in [-0.2, -0.15) is 0 Å². The van der Waals surface area contributed by atoms with Gasteiger partial charge in [0.25, 0.3) is 5.56 Å². The second kappa shape index (κ2) is 7.93. The summed E-state index contributed by atoms with van der Waals surface area (Å²) in [5, 5.41) is 0.588. The summed E-state index contributed by atoms with van der Waals surface area (Å²) in [6.07, 6.45) is 0. The van der Waals surface area contributed by atoms with Crippen molar-refractivity contribution in [3.8, 4) is 0 Å². The number of methoxy groups -OCH3 is 1. The summed E-state index contributed by atoms with van der Waals surface area (Å²) >= 11 is 0. The molecule has 26 heavy (non-hydrogen) atoms. The maximum atomic E-state index is 12.2. The topological polar surface area (TPSA) is 75.3 Å². The molecule has 0 aliphatic carbocycles. The number of H-pyrrole nitrogens is 1. The van der Waals surface area contributed by atoms with E-state index in [4.69, 9.17) is 4.74 Å². The van der Waals surface area contributed by atoms with Crippen LogP contribution in [0.25, 0.3) is 10.9 Å². The fourth-order valence-electron chi connectivity index (χ4n) is 2.87. The molecule has 0 amide bonds. The Morgan fingerprint density at radius 1 is 1.15 bits per heavy atom. The Bertz CT molecular complexity index is 981. The number of carbonyl (C=O) groups excluding carboxylic acids is 1. The second-order valence-corrected chi connectivity index (χ2v) is 6.03. The lowest BCUT2D eigenvalue weighted by Gasteiger charge is -2.20. The number of ether oxygens (including phenoxy) is 1. The predicted molar refractivity (Wildman–Crippen MR) is 99.9 cm³/mol. The monoisotopic (exact) mass is 351 g/mol. The van der Waals surface area contributed by atoms with Gasteiger partial charge in [-0.3, -0.25) is 9.69 Å². The lowest BCUT2D eigenvalue weighted by atomic mass is 10.1. The molecule has 134 valence electrons. The van der Waals surface area contributed by atoms with Crippen LogP contribution in [-0.2, 0) is 17.8 Å². The van der Waals surface area contributed by atoms with Gasteiger partial charge in [-0.05, 0) is 36.4 Å². The number of benzene rings is 2. The standard InChI is InChI=1S/C20H21N3O3/c1-3-23(12-14-7-6-8-15(11-14)20(25)26-2)13-18-21-17-10-5-4-9-16(17)19(24)22-18/h4-11H,3,12-13H2,1-2H3,(H,21,22,24). The van der Waals surface area contributed by atoms with Crippen LogP contribution in [0.4, 0.5) is 0 Å². The molecule has 0 spiro atoms. The van der Waals surface area contributed by atoms with Crippen molar-refractivity contribution < 1.29 is 9.53 Å². The first-order valence-corrected chi connectivity index (χ1v) is 8.48. The van der Waals surface area contributed by atoms with Gasteiger partial charge < -0.3 is 9.72 Å². The molecule has 1 aromatic heterocycles. The number of aromatic nitrogens is 2. The predicted octanol–water partition coefficient (Wildman–Crippen LogP) is 2.73. The van der Waals surface area contributed by atoms with Crippen LogP contribution in [0, 0.1) is 0 Å². The van der Waals surface area contributed by atoms with Crippen molar-refractivity contribution in [3.05, 3.63) is 75.8 Å². The number of hydrogen-bond donors (Lipinski definition) is 1. The maximum Gasteiger partial charge on any atom is 0.337 e. The third kappa shape index (κ3) is 3.97. The minimum atomic E-state index is -0.351. The van der Waals surface area contributed by atoms with E-state index in [0.29, 0.717) is 35.4 Å². The fourth-order valence-corrected chi connectivity index (χ4v) is 2.87. The molecule has 2 aromatic carbocycles. The van der Waals surface area contributed by atoms with Crippen molar-refractivity contribution in [2.75, 3.05) is 13.7 Å². The molecular formula is C20H21N3O3. The van der Waals surface area contributed by atoms with Crippen molar-refractivity contribution in [2.24, 2.45) is 0 Å². The minimum Gasteiger partial charge on any atom is -0.465 e. The molecule has 0 radical (unpaired) electrons. The summed E-state index contributed by atoms with van der Waals surface area (Å²) in [6, 6.07) is 14.7. The number of aromatic amines is 1. The van der Waals surface area contributed by atoms with Gasteiger partial charge in [0.1, 0.15) is 5.82 Å². The highest BCUT2D eigenvalue weighted by molar-refractivity contribution is 5.89.